The van der Waals surface area contributed by atoms with Crippen molar-refractivity contribution in [3.63, 3.8) is 0 Å². The lowest BCUT2D eigenvalue weighted by Gasteiger charge is -2.22. The van der Waals surface area contributed by atoms with Crippen molar-refractivity contribution >= 4 is 0 Å². The third kappa shape index (κ3) is 1.50. The number of hydrogen-bond acceptors (Lipinski definition) is 2. The van der Waals surface area contributed by atoms with Gasteiger partial charge in [-0.3, -0.25) is 4.68 Å². The molecule has 3 heteroatoms. The van der Waals surface area contributed by atoms with Crippen molar-refractivity contribution in [2.75, 3.05) is 0 Å². The predicted molar refractivity (Wildman–Crippen MR) is 55.9 cm³/mol. The van der Waals surface area contributed by atoms with Gasteiger partial charge in [-0.15, -0.1) is 0 Å². The first kappa shape index (κ1) is 9.19. The lowest BCUT2D eigenvalue weighted by Crippen LogP contribution is -2.21. The summed E-state index contributed by atoms with van der Waals surface area (Å²) in [6, 6.07) is 0. The van der Waals surface area contributed by atoms with Gasteiger partial charge in [0.05, 0.1) is 5.41 Å². The minimum absolute atomic E-state index is 0.0187. The van der Waals surface area contributed by atoms with Gasteiger partial charge in [-0.2, -0.15) is 5.10 Å². The Morgan fingerprint density at radius 2 is 2.36 bits per heavy atom. The van der Waals surface area contributed by atoms with E-state index in [1.807, 2.05) is 4.68 Å². The Morgan fingerprint density at radius 3 is 2.93 bits per heavy atom. The Morgan fingerprint density at radius 1 is 1.50 bits per heavy atom. The molecule has 0 aliphatic heterocycles. The minimum atomic E-state index is -0.0187. The average Bonchev–Trinajstić information content (AvgIpc) is 2.67. The Kier molecular flexibility index (Phi) is 2.23. The molecule has 0 N–H and O–H groups in total. The molecule has 1 heterocycles. The summed E-state index contributed by atoms with van der Waals surface area (Å²) in [6.07, 6.45) is 11.2. The maximum Gasteiger partial charge on any atom is 0.160 e. The molecule has 0 amide bonds. The van der Waals surface area contributed by atoms with Crippen LogP contribution in [-0.2, 0) is 12.0 Å². The van der Waals surface area contributed by atoms with Crippen LogP contribution in [0.2, 0.25) is 0 Å². The van der Waals surface area contributed by atoms with Crippen LogP contribution in [0, 0.1) is 0 Å². The van der Waals surface area contributed by atoms with E-state index in [0.717, 1.165) is 18.8 Å². The summed E-state index contributed by atoms with van der Waals surface area (Å²) in [5.74, 6) is 0.917. The van der Waals surface area contributed by atoms with Crippen LogP contribution in [0.25, 0.3) is 0 Å². The lowest BCUT2D eigenvalue weighted by atomic mass is 9.83. The maximum absolute atomic E-state index is 4.44. The molecule has 0 spiro atoms. The first-order valence-corrected chi connectivity index (χ1v) is 4.99. The van der Waals surface area contributed by atoms with Gasteiger partial charge in [-0.05, 0) is 20.3 Å². The topological polar surface area (TPSA) is 30.7 Å². The number of aromatic nitrogens is 3. The van der Waals surface area contributed by atoms with Crippen molar-refractivity contribution in [3.05, 3.63) is 36.5 Å². The van der Waals surface area contributed by atoms with Crippen LogP contribution < -0.4 is 0 Å². The molecule has 2 rings (SSSR count). The van der Waals surface area contributed by atoms with Crippen LogP contribution in [0.15, 0.2) is 30.6 Å². The first-order chi connectivity index (χ1) is 6.74. The number of nitrogens with zero attached hydrogens (tertiary/aromatic N) is 3. The summed E-state index contributed by atoms with van der Waals surface area (Å²) < 4.78 is 1.87. The Balaban J connectivity index is 2.29. The van der Waals surface area contributed by atoms with Crippen molar-refractivity contribution in [1.82, 2.24) is 14.8 Å². The summed E-state index contributed by atoms with van der Waals surface area (Å²) in [6.45, 7) is 5.11. The highest BCUT2D eigenvalue weighted by molar-refractivity contribution is 5.25. The zero-order chi connectivity index (χ0) is 10.0. The Hall–Kier alpha value is -1.38. The van der Waals surface area contributed by atoms with Crippen molar-refractivity contribution in [1.29, 1.82) is 0 Å². The zero-order valence-electron chi connectivity index (χ0n) is 8.64. The molecular formula is C11H15N3. The highest BCUT2D eigenvalue weighted by atomic mass is 15.3. The Bertz CT molecular complexity index is 376. The molecule has 1 aliphatic carbocycles. The molecule has 1 aromatic heterocycles. The van der Waals surface area contributed by atoms with Crippen molar-refractivity contribution in [2.24, 2.45) is 0 Å². The fourth-order valence-corrected chi connectivity index (χ4v) is 1.60. The van der Waals surface area contributed by atoms with Crippen molar-refractivity contribution in [3.8, 4) is 0 Å². The van der Waals surface area contributed by atoms with E-state index in [4.69, 9.17) is 0 Å². The molecule has 0 aromatic carbocycles. The van der Waals surface area contributed by atoms with Gasteiger partial charge in [0.25, 0.3) is 0 Å². The highest BCUT2D eigenvalue weighted by Crippen LogP contribution is 2.28. The molecule has 0 radical (unpaired) electrons. The standard InChI is InChI=1S/C11H15N3/c1-3-14-9-12-10(13-14)11(2)7-5-4-6-8-11/h4-7,9H,3,8H2,1-2H3. The highest BCUT2D eigenvalue weighted by Gasteiger charge is 2.27. The van der Waals surface area contributed by atoms with Crippen LogP contribution in [-0.4, -0.2) is 14.8 Å². The van der Waals surface area contributed by atoms with Crippen LogP contribution in [0.1, 0.15) is 26.1 Å². The van der Waals surface area contributed by atoms with E-state index in [2.05, 4.69) is 48.2 Å². The van der Waals surface area contributed by atoms with Gasteiger partial charge in [-0.1, -0.05) is 24.3 Å². The second-order valence-corrected chi connectivity index (χ2v) is 3.83. The van der Waals surface area contributed by atoms with Crippen LogP contribution in [0.5, 0.6) is 0 Å². The number of hydrogen-bond donors (Lipinski definition) is 0. The second kappa shape index (κ2) is 3.40. The zero-order valence-corrected chi connectivity index (χ0v) is 8.64. The number of rotatable bonds is 2. The van der Waals surface area contributed by atoms with Gasteiger partial charge in [0.2, 0.25) is 0 Å². The molecule has 14 heavy (non-hydrogen) atoms. The summed E-state index contributed by atoms with van der Waals surface area (Å²) >= 11 is 0. The smallest absolute Gasteiger partial charge is 0.160 e. The van der Waals surface area contributed by atoms with Crippen molar-refractivity contribution < 1.29 is 0 Å². The normalized spacial score (nSPS) is 25.6. The first-order valence-electron chi connectivity index (χ1n) is 4.99. The monoisotopic (exact) mass is 189 g/mol. The number of allylic oxidation sites excluding steroid dienone is 4. The SMILES string of the molecule is CCn1cnc(C2(C)C=CC=CC2)n1. The summed E-state index contributed by atoms with van der Waals surface area (Å²) in [7, 11) is 0. The van der Waals surface area contributed by atoms with E-state index >= 15 is 0 Å². The fourth-order valence-electron chi connectivity index (χ4n) is 1.60. The molecule has 1 aliphatic rings. The van der Waals surface area contributed by atoms with Gasteiger partial charge in [0.15, 0.2) is 5.82 Å². The molecule has 1 atom stereocenters. The van der Waals surface area contributed by atoms with E-state index in [1.165, 1.54) is 0 Å². The summed E-state index contributed by atoms with van der Waals surface area (Å²) in [5.41, 5.74) is -0.0187. The van der Waals surface area contributed by atoms with E-state index in [-0.39, 0.29) is 5.41 Å². The lowest BCUT2D eigenvalue weighted by molar-refractivity contribution is 0.539. The van der Waals surface area contributed by atoms with E-state index in [1.54, 1.807) is 6.33 Å². The maximum atomic E-state index is 4.44. The second-order valence-electron chi connectivity index (χ2n) is 3.83. The van der Waals surface area contributed by atoms with Crippen LogP contribution in [0.3, 0.4) is 0 Å². The molecule has 0 saturated carbocycles. The summed E-state index contributed by atoms with van der Waals surface area (Å²) in [4.78, 5) is 4.35. The van der Waals surface area contributed by atoms with E-state index in [0.29, 0.717) is 0 Å². The Labute approximate surface area is 84.2 Å². The molecule has 1 aromatic rings. The quantitative estimate of drug-likeness (QED) is 0.713. The number of aryl methyl sites for hydroxylation is 1. The van der Waals surface area contributed by atoms with Gasteiger partial charge >= 0.3 is 0 Å². The molecule has 0 saturated heterocycles. The molecular weight excluding hydrogens is 174 g/mol. The third-order valence-corrected chi connectivity index (χ3v) is 2.62. The predicted octanol–water partition coefficient (Wildman–Crippen LogP) is 2.07. The minimum Gasteiger partial charge on any atom is -0.253 e. The largest absolute Gasteiger partial charge is 0.253 e. The van der Waals surface area contributed by atoms with Gasteiger partial charge < -0.3 is 0 Å². The molecule has 74 valence electrons. The average molecular weight is 189 g/mol. The molecule has 1 unspecified atom stereocenters. The molecule has 0 fully saturated rings. The van der Waals surface area contributed by atoms with E-state index in [9.17, 15) is 0 Å². The third-order valence-electron chi connectivity index (χ3n) is 2.62. The van der Waals surface area contributed by atoms with Crippen LogP contribution in [0.4, 0.5) is 0 Å². The van der Waals surface area contributed by atoms with Gasteiger partial charge in [-0.25, -0.2) is 4.98 Å². The van der Waals surface area contributed by atoms with Crippen LogP contribution >= 0.6 is 0 Å². The summed E-state index contributed by atoms with van der Waals surface area (Å²) in [5, 5.41) is 4.44. The van der Waals surface area contributed by atoms with Crippen molar-refractivity contribution in [2.45, 2.75) is 32.2 Å². The molecule has 3 nitrogen and oxygen atoms in total. The van der Waals surface area contributed by atoms with E-state index < -0.39 is 0 Å². The van der Waals surface area contributed by atoms with Gasteiger partial charge in [0, 0.05) is 6.54 Å². The fraction of sp³-hybridized carbons (Fsp3) is 0.455. The van der Waals surface area contributed by atoms with Gasteiger partial charge in [0.1, 0.15) is 6.33 Å². The molecule has 0 bridgehead atoms.